The summed E-state index contributed by atoms with van der Waals surface area (Å²) in [6.07, 6.45) is 1.65. The Morgan fingerprint density at radius 3 is 2.65 bits per heavy atom. The maximum atomic E-state index is 11.2. The lowest BCUT2D eigenvalue weighted by molar-refractivity contribution is -0.385. The van der Waals surface area contributed by atoms with Gasteiger partial charge in [-0.25, -0.2) is 0 Å². The Hall–Kier alpha value is -1.91. The van der Waals surface area contributed by atoms with Crippen molar-refractivity contribution < 1.29 is 9.72 Å². The van der Waals surface area contributed by atoms with E-state index in [1.807, 2.05) is 6.92 Å². The monoisotopic (exact) mass is 234 g/mol. The first-order valence-electron chi connectivity index (χ1n) is 5.55. The second kappa shape index (κ2) is 4.16. The van der Waals surface area contributed by atoms with Gasteiger partial charge in [-0.3, -0.25) is 14.9 Å². The number of benzene rings is 1. The minimum Gasteiger partial charge on any atom is -0.369 e. The number of nitro benzene ring substituents is 1. The minimum absolute atomic E-state index is 0.0485. The number of non-ortho nitro benzene ring substituents is 1. The SMILES string of the molecule is Cc1ccc([N+](=O)[O-])cc1C1CCC1C(N)=O. The molecule has 1 amide bonds. The van der Waals surface area contributed by atoms with Gasteiger partial charge in [-0.15, -0.1) is 0 Å². The van der Waals surface area contributed by atoms with E-state index in [4.69, 9.17) is 5.73 Å². The highest BCUT2D eigenvalue weighted by Gasteiger charge is 2.37. The van der Waals surface area contributed by atoms with Crippen molar-refractivity contribution in [2.75, 3.05) is 0 Å². The van der Waals surface area contributed by atoms with Gasteiger partial charge in [0.25, 0.3) is 5.69 Å². The van der Waals surface area contributed by atoms with E-state index in [9.17, 15) is 14.9 Å². The van der Waals surface area contributed by atoms with E-state index in [0.29, 0.717) is 0 Å². The van der Waals surface area contributed by atoms with Gasteiger partial charge in [-0.1, -0.05) is 6.07 Å². The molecule has 0 saturated heterocycles. The Morgan fingerprint density at radius 2 is 2.18 bits per heavy atom. The molecule has 0 aliphatic heterocycles. The van der Waals surface area contributed by atoms with E-state index < -0.39 is 4.92 Å². The fourth-order valence-corrected chi connectivity index (χ4v) is 2.35. The summed E-state index contributed by atoms with van der Waals surface area (Å²) in [7, 11) is 0. The minimum atomic E-state index is -0.416. The molecule has 0 bridgehead atoms. The van der Waals surface area contributed by atoms with Gasteiger partial charge in [0.05, 0.1) is 4.92 Å². The lowest BCUT2D eigenvalue weighted by atomic mass is 9.68. The Bertz CT molecular complexity index is 485. The number of aryl methyl sites for hydroxylation is 1. The first-order chi connectivity index (χ1) is 8.00. The van der Waals surface area contributed by atoms with Crippen molar-refractivity contribution in [3.63, 3.8) is 0 Å². The zero-order valence-corrected chi connectivity index (χ0v) is 9.55. The summed E-state index contributed by atoms with van der Waals surface area (Å²) in [5.41, 5.74) is 7.23. The van der Waals surface area contributed by atoms with Crippen LogP contribution in [-0.2, 0) is 4.79 Å². The molecule has 0 radical (unpaired) electrons. The zero-order valence-electron chi connectivity index (χ0n) is 9.55. The maximum Gasteiger partial charge on any atom is 0.269 e. The van der Waals surface area contributed by atoms with Gasteiger partial charge in [0, 0.05) is 18.1 Å². The molecule has 1 saturated carbocycles. The first kappa shape index (κ1) is 11.6. The van der Waals surface area contributed by atoms with Gasteiger partial charge in [-0.05, 0) is 36.8 Å². The fourth-order valence-electron chi connectivity index (χ4n) is 2.35. The Balaban J connectivity index is 2.34. The van der Waals surface area contributed by atoms with Crippen LogP contribution in [0.1, 0.15) is 29.9 Å². The topological polar surface area (TPSA) is 86.2 Å². The first-order valence-corrected chi connectivity index (χ1v) is 5.55. The average Bonchev–Trinajstić information content (AvgIpc) is 2.18. The second-order valence-corrected chi connectivity index (χ2v) is 4.49. The van der Waals surface area contributed by atoms with Crippen LogP contribution in [0.15, 0.2) is 18.2 Å². The van der Waals surface area contributed by atoms with E-state index in [1.165, 1.54) is 6.07 Å². The molecule has 0 heterocycles. The Morgan fingerprint density at radius 1 is 1.47 bits per heavy atom. The molecular weight excluding hydrogens is 220 g/mol. The van der Waals surface area contributed by atoms with Gasteiger partial charge in [0.15, 0.2) is 0 Å². The molecule has 5 heteroatoms. The average molecular weight is 234 g/mol. The molecular formula is C12H14N2O3. The molecule has 17 heavy (non-hydrogen) atoms. The normalized spacial score (nSPS) is 22.9. The molecule has 2 N–H and O–H groups in total. The van der Waals surface area contributed by atoms with Crippen molar-refractivity contribution in [2.45, 2.75) is 25.7 Å². The van der Waals surface area contributed by atoms with Gasteiger partial charge >= 0.3 is 0 Å². The number of hydrogen-bond acceptors (Lipinski definition) is 3. The lowest BCUT2D eigenvalue weighted by Gasteiger charge is -2.35. The highest BCUT2D eigenvalue weighted by molar-refractivity contribution is 5.79. The van der Waals surface area contributed by atoms with Crippen LogP contribution in [0.25, 0.3) is 0 Å². The van der Waals surface area contributed by atoms with E-state index in [0.717, 1.165) is 24.0 Å². The number of carbonyl (C=O) groups excluding carboxylic acids is 1. The zero-order chi connectivity index (χ0) is 12.6. The van der Waals surface area contributed by atoms with Crippen LogP contribution in [0.3, 0.4) is 0 Å². The highest BCUT2D eigenvalue weighted by atomic mass is 16.6. The summed E-state index contributed by atoms with van der Waals surface area (Å²) in [6.45, 7) is 1.90. The van der Waals surface area contributed by atoms with Crippen molar-refractivity contribution in [1.29, 1.82) is 0 Å². The molecule has 1 aliphatic rings. The predicted molar refractivity (Wildman–Crippen MR) is 62.5 cm³/mol. The molecule has 5 nitrogen and oxygen atoms in total. The van der Waals surface area contributed by atoms with Crippen LogP contribution in [0.5, 0.6) is 0 Å². The quantitative estimate of drug-likeness (QED) is 0.639. The smallest absolute Gasteiger partial charge is 0.269 e. The third-order valence-electron chi connectivity index (χ3n) is 3.51. The van der Waals surface area contributed by atoms with Crippen molar-refractivity contribution in [1.82, 2.24) is 0 Å². The van der Waals surface area contributed by atoms with Gasteiger partial charge < -0.3 is 5.73 Å². The number of primary amides is 1. The van der Waals surface area contributed by atoms with E-state index in [2.05, 4.69) is 0 Å². The number of nitrogens with two attached hydrogens (primary N) is 1. The third kappa shape index (κ3) is 2.00. The largest absolute Gasteiger partial charge is 0.369 e. The van der Waals surface area contributed by atoms with Crippen molar-refractivity contribution >= 4 is 11.6 Å². The molecule has 1 aliphatic carbocycles. The van der Waals surface area contributed by atoms with Crippen molar-refractivity contribution in [2.24, 2.45) is 11.7 Å². The molecule has 0 spiro atoms. The number of carbonyl (C=O) groups is 1. The Labute approximate surface area is 98.8 Å². The second-order valence-electron chi connectivity index (χ2n) is 4.49. The number of nitro groups is 1. The fraction of sp³-hybridized carbons (Fsp3) is 0.417. The van der Waals surface area contributed by atoms with Crippen LogP contribution in [-0.4, -0.2) is 10.8 Å². The number of rotatable bonds is 3. The molecule has 1 aromatic rings. The predicted octanol–water partition coefficient (Wildman–Crippen LogP) is 1.88. The van der Waals surface area contributed by atoms with Crippen LogP contribution >= 0.6 is 0 Å². The number of amides is 1. The summed E-state index contributed by atoms with van der Waals surface area (Å²) < 4.78 is 0. The van der Waals surface area contributed by atoms with Crippen LogP contribution in [0.2, 0.25) is 0 Å². The lowest BCUT2D eigenvalue weighted by Crippen LogP contribution is -2.36. The summed E-state index contributed by atoms with van der Waals surface area (Å²) in [4.78, 5) is 21.5. The maximum absolute atomic E-state index is 11.2. The summed E-state index contributed by atoms with van der Waals surface area (Å²) >= 11 is 0. The third-order valence-corrected chi connectivity index (χ3v) is 3.51. The molecule has 2 unspecified atom stereocenters. The molecule has 1 fully saturated rings. The number of hydrogen-bond donors (Lipinski definition) is 1. The van der Waals surface area contributed by atoms with Gasteiger partial charge in [0.2, 0.25) is 5.91 Å². The Kier molecular flexibility index (Phi) is 2.83. The summed E-state index contributed by atoms with van der Waals surface area (Å²) in [5, 5.41) is 10.7. The van der Waals surface area contributed by atoms with Crippen LogP contribution in [0, 0.1) is 23.0 Å². The van der Waals surface area contributed by atoms with Crippen molar-refractivity contribution in [3.8, 4) is 0 Å². The number of nitrogens with zero attached hydrogens (tertiary/aromatic N) is 1. The van der Waals surface area contributed by atoms with E-state index >= 15 is 0 Å². The summed E-state index contributed by atoms with van der Waals surface area (Å²) in [6, 6.07) is 4.77. The van der Waals surface area contributed by atoms with Gasteiger partial charge in [0.1, 0.15) is 0 Å². The molecule has 1 aromatic carbocycles. The molecule has 0 aromatic heterocycles. The standard InChI is InChI=1S/C12H14N2O3/c1-7-2-3-8(14(16)17)6-11(7)9-4-5-10(9)12(13)15/h2-3,6,9-10H,4-5H2,1H3,(H2,13,15). The van der Waals surface area contributed by atoms with Gasteiger partial charge in [-0.2, -0.15) is 0 Å². The van der Waals surface area contributed by atoms with Crippen LogP contribution in [0.4, 0.5) is 5.69 Å². The van der Waals surface area contributed by atoms with E-state index in [-0.39, 0.29) is 23.4 Å². The van der Waals surface area contributed by atoms with Crippen molar-refractivity contribution in [3.05, 3.63) is 39.4 Å². The molecule has 2 atom stereocenters. The summed E-state index contributed by atoms with van der Waals surface area (Å²) in [5.74, 6) is -0.435. The van der Waals surface area contributed by atoms with Crippen LogP contribution < -0.4 is 5.73 Å². The molecule has 2 rings (SSSR count). The highest BCUT2D eigenvalue weighted by Crippen LogP contribution is 2.44. The molecule has 90 valence electrons. The van der Waals surface area contributed by atoms with E-state index in [1.54, 1.807) is 12.1 Å².